The number of nitrogens with one attached hydrogen (secondary N) is 1. The summed E-state index contributed by atoms with van der Waals surface area (Å²) in [6, 6.07) is 14.9. The summed E-state index contributed by atoms with van der Waals surface area (Å²) in [5.74, 6) is 0.672. The van der Waals surface area contributed by atoms with Gasteiger partial charge in [0.05, 0.1) is 0 Å². The first kappa shape index (κ1) is 11.9. The first-order valence-corrected chi connectivity index (χ1v) is 6.36. The van der Waals surface area contributed by atoms with Crippen molar-refractivity contribution in [2.24, 2.45) is 0 Å². The van der Waals surface area contributed by atoms with Crippen LogP contribution < -0.4 is 5.32 Å². The minimum atomic E-state index is 0.672. The molecule has 0 spiro atoms. The van der Waals surface area contributed by atoms with Crippen LogP contribution in [0, 0.1) is 0 Å². The fourth-order valence-electron chi connectivity index (χ4n) is 2.08. The zero-order valence-corrected chi connectivity index (χ0v) is 10.5. The lowest BCUT2D eigenvalue weighted by Crippen LogP contribution is -2.16. The molecule has 0 fully saturated rings. The largest absolute Gasteiger partial charge is 0.340 e. The Hall–Kier alpha value is -2.20. The lowest BCUT2D eigenvalue weighted by Gasteiger charge is -2.05. The van der Waals surface area contributed by atoms with Crippen LogP contribution in [0.5, 0.6) is 0 Å². The van der Waals surface area contributed by atoms with E-state index in [-0.39, 0.29) is 0 Å². The summed E-state index contributed by atoms with van der Waals surface area (Å²) in [6.07, 6.45) is 2.19. The quantitative estimate of drug-likeness (QED) is 0.710. The Morgan fingerprint density at radius 3 is 2.79 bits per heavy atom. The minimum absolute atomic E-state index is 0.672. The van der Waals surface area contributed by atoms with Crippen molar-refractivity contribution in [3.05, 3.63) is 60.2 Å². The van der Waals surface area contributed by atoms with Gasteiger partial charge in [0.25, 0.3) is 0 Å². The molecule has 0 radical (unpaired) electrons. The predicted molar refractivity (Wildman–Crippen MR) is 73.7 cm³/mol. The molecule has 0 saturated carbocycles. The molecule has 2 aromatic carbocycles. The first-order chi connectivity index (χ1) is 9.42. The molecule has 4 nitrogen and oxygen atoms in total. The monoisotopic (exact) mass is 253 g/mol. The summed E-state index contributed by atoms with van der Waals surface area (Å²) >= 11 is 0. The number of aromatic nitrogens is 2. The lowest BCUT2D eigenvalue weighted by atomic mass is 10.1. The van der Waals surface area contributed by atoms with Crippen LogP contribution in [-0.2, 0) is 13.0 Å². The fraction of sp³-hybridized carbons (Fsp3) is 0.200. The van der Waals surface area contributed by atoms with Crippen molar-refractivity contribution < 1.29 is 4.52 Å². The van der Waals surface area contributed by atoms with E-state index in [0.29, 0.717) is 5.89 Å². The van der Waals surface area contributed by atoms with Crippen LogP contribution in [-0.4, -0.2) is 16.7 Å². The van der Waals surface area contributed by atoms with E-state index in [2.05, 4.69) is 57.9 Å². The molecular weight excluding hydrogens is 238 g/mol. The van der Waals surface area contributed by atoms with Crippen molar-refractivity contribution in [2.75, 3.05) is 6.54 Å². The Labute approximate surface area is 111 Å². The number of hydrogen-bond donors (Lipinski definition) is 1. The molecule has 3 aromatic rings. The minimum Gasteiger partial charge on any atom is -0.340 e. The summed E-state index contributed by atoms with van der Waals surface area (Å²) in [4.78, 5) is 3.98. The van der Waals surface area contributed by atoms with Gasteiger partial charge in [-0.1, -0.05) is 41.6 Å². The van der Waals surface area contributed by atoms with Crippen LogP contribution >= 0.6 is 0 Å². The van der Waals surface area contributed by atoms with Gasteiger partial charge in [-0.2, -0.15) is 4.98 Å². The molecule has 0 aliphatic rings. The lowest BCUT2D eigenvalue weighted by molar-refractivity contribution is 0.375. The van der Waals surface area contributed by atoms with E-state index in [4.69, 9.17) is 4.52 Å². The molecular formula is C15H15N3O. The predicted octanol–water partition coefficient (Wildman–Crippen LogP) is 2.56. The molecule has 4 heteroatoms. The highest BCUT2D eigenvalue weighted by Crippen LogP contribution is 2.15. The highest BCUT2D eigenvalue weighted by Gasteiger charge is 1.99. The van der Waals surface area contributed by atoms with E-state index in [1.807, 2.05) is 0 Å². The number of nitrogens with zero attached hydrogens (tertiary/aromatic N) is 2. The number of benzene rings is 2. The highest BCUT2D eigenvalue weighted by molar-refractivity contribution is 5.82. The smallest absolute Gasteiger partial charge is 0.227 e. The van der Waals surface area contributed by atoms with Crippen LogP contribution in [0.1, 0.15) is 11.5 Å². The SMILES string of the molecule is c1ccc2cc(CNCCc3ncno3)ccc2c1. The number of hydrogen-bond acceptors (Lipinski definition) is 4. The normalized spacial score (nSPS) is 10.9. The molecule has 0 atom stereocenters. The summed E-state index contributed by atoms with van der Waals surface area (Å²) in [5, 5.41) is 9.51. The fourth-order valence-corrected chi connectivity index (χ4v) is 2.08. The van der Waals surface area contributed by atoms with Crippen LogP contribution in [0.15, 0.2) is 53.3 Å². The number of fused-ring (bicyclic) bond motifs is 1. The maximum atomic E-state index is 4.94. The van der Waals surface area contributed by atoms with Crippen LogP contribution in [0.4, 0.5) is 0 Å². The molecule has 1 heterocycles. The van der Waals surface area contributed by atoms with E-state index < -0.39 is 0 Å². The van der Waals surface area contributed by atoms with Crippen molar-refractivity contribution in [3.8, 4) is 0 Å². The third-order valence-corrected chi connectivity index (χ3v) is 3.07. The maximum absolute atomic E-state index is 4.94. The van der Waals surface area contributed by atoms with Crippen molar-refractivity contribution in [1.82, 2.24) is 15.5 Å². The standard InChI is InChI=1S/C15H15N3O/c1-2-4-14-9-12(5-6-13(14)3-1)10-16-8-7-15-17-11-18-19-15/h1-6,9,11,16H,7-8,10H2. The molecule has 0 unspecified atom stereocenters. The molecule has 3 rings (SSSR count). The van der Waals surface area contributed by atoms with Gasteiger partial charge in [-0.3, -0.25) is 0 Å². The summed E-state index contributed by atoms with van der Waals surface area (Å²) in [7, 11) is 0. The second-order valence-electron chi connectivity index (χ2n) is 4.44. The van der Waals surface area contributed by atoms with E-state index in [1.54, 1.807) is 0 Å². The molecule has 0 amide bonds. The van der Waals surface area contributed by atoms with Crippen LogP contribution in [0.3, 0.4) is 0 Å². The van der Waals surface area contributed by atoms with Crippen molar-refractivity contribution in [3.63, 3.8) is 0 Å². The van der Waals surface area contributed by atoms with Gasteiger partial charge >= 0.3 is 0 Å². The van der Waals surface area contributed by atoms with Crippen molar-refractivity contribution >= 4 is 10.8 Å². The van der Waals surface area contributed by atoms with Crippen molar-refractivity contribution in [1.29, 1.82) is 0 Å². The number of rotatable bonds is 5. The second-order valence-corrected chi connectivity index (χ2v) is 4.44. The average Bonchev–Trinajstić information content (AvgIpc) is 2.97. The van der Waals surface area contributed by atoms with E-state index in [0.717, 1.165) is 19.5 Å². The Balaban J connectivity index is 1.56. The van der Waals surface area contributed by atoms with Gasteiger partial charge < -0.3 is 9.84 Å². The zero-order valence-electron chi connectivity index (χ0n) is 10.5. The van der Waals surface area contributed by atoms with E-state index >= 15 is 0 Å². The topological polar surface area (TPSA) is 51.0 Å². The molecule has 0 saturated heterocycles. The highest BCUT2D eigenvalue weighted by atomic mass is 16.5. The Morgan fingerprint density at radius 1 is 1.05 bits per heavy atom. The molecule has 19 heavy (non-hydrogen) atoms. The van der Waals surface area contributed by atoms with Gasteiger partial charge in [0.2, 0.25) is 5.89 Å². The molecule has 1 N–H and O–H groups in total. The van der Waals surface area contributed by atoms with Gasteiger partial charge in [-0.25, -0.2) is 0 Å². The molecule has 96 valence electrons. The van der Waals surface area contributed by atoms with Gasteiger partial charge in [0, 0.05) is 19.5 Å². The van der Waals surface area contributed by atoms with Gasteiger partial charge in [0.15, 0.2) is 6.33 Å². The first-order valence-electron chi connectivity index (χ1n) is 6.36. The Morgan fingerprint density at radius 2 is 1.95 bits per heavy atom. The zero-order chi connectivity index (χ0) is 12.9. The molecule has 1 aromatic heterocycles. The van der Waals surface area contributed by atoms with Crippen LogP contribution in [0.2, 0.25) is 0 Å². The maximum Gasteiger partial charge on any atom is 0.227 e. The summed E-state index contributed by atoms with van der Waals surface area (Å²) < 4.78 is 4.94. The molecule has 0 bridgehead atoms. The van der Waals surface area contributed by atoms with Gasteiger partial charge in [-0.05, 0) is 22.4 Å². The van der Waals surface area contributed by atoms with Crippen LogP contribution in [0.25, 0.3) is 10.8 Å². The summed E-state index contributed by atoms with van der Waals surface area (Å²) in [6.45, 7) is 1.67. The summed E-state index contributed by atoms with van der Waals surface area (Å²) in [5.41, 5.74) is 1.28. The molecule has 0 aliphatic heterocycles. The van der Waals surface area contributed by atoms with Crippen molar-refractivity contribution in [2.45, 2.75) is 13.0 Å². The molecule has 0 aliphatic carbocycles. The second kappa shape index (κ2) is 5.63. The third-order valence-electron chi connectivity index (χ3n) is 3.07. The third kappa shape index (κ3) is 2.98. The van der Waals surface area contributed by atoms with Gasteiger partial charge in [0.1, 0.15) is 0 Å². The average molecular weight is 253 g/mol. The Kier molecular flexibility index (Phi) is 3.51. The van der Waals surface area contributed by atoms with E-state index in [1.165, 1.54) is 22.7 Å². The van der Waals surface area contributed by atoms with Gasteiger partial charge in [-0.15, -0.1) is 0 Å². The van der Waals surface area contributed by atoms with E-state index in [9.17, 15) is 0 Å². The Bertz CT molecular complexity index is 649.